The van der Waals surface area contributed by atoms with Gasteiger partial charge in [-0.15, -0.1) is 0 Å². The van der Waals surface area contributed by atoms with Crippen LogP contribution in [0.5, 0.6) is 0 Å². The average Bonchev–Trinajstić information content (AvgIpc) is 3.07. The lowest BCUT2D eigenvalue weighted by Gasteiger charge is -2.32. The Bertz CT molecular complexity index is 1190. The molecule has 0 aliphatic carbocycles. The van der Waals surface area contributed by atoms with E-state index < -0.39 is 7.12 Å². The molecule has 1 aromatic heterocycles. The zero-order chi connectivity index (χ0) is 19.0. The maximum atomic E-state index is 6.34. The molecule has 0 amide bonds. The molecule has 3 aromatic carbocycles. The van der Waals surface area contributed by atoms with Crippen LogP contribution in [0.3, 0.4) is 0 Å². The molecule has 2 heterocycles. The standard InChI is InChI=1S/C23H23BO3/c1-14-10-11-17-19(12-14)25-20-13-18(15-8-6-7-9-16(15)21(17)20)24-26-22(2,3)23(4,5)27-24/h6-13H,1-5H3. The highest BCUT2D eigenvalue weighted by atomic mass is 16.7. The van der Waals surface area contributed by atoms with Gasteiger partial charge in [-0.2, -0.15) is 0 Å². The minimum absolute atomic E-state index is 0.376. The van der Waals surface area contributed by atoms with Gasteiger partial charge in [0, 0.05) is 10.8 Å². The highest BCUT2D eigenvalue weighted by Crippen LogP contribution is 2.39. The van der Waals surface area contributed by atoms with Crippen LogP contribution in [0, 0.1) is 6.92 Å². The van der Waals surface area contributed by atoms with Gasteiger partial charge in [0.1, 0.15) is 11.2 Å². The summed E-state index contributed by atoms with van der Waals surface area (Å²) in [5.41, 5.74) is 3.25. The molecule has 0 saturated carbocycles. The summed E-state index contributed by atoms with van der Waals surface area (Å²) in [6.07, 6.45) is 0. The van der Waals surface area contributed by atoms with Gasteiger partial charge >= 0.3 is 7.12 Å². The van der Waals surface area contributed by atoms with Gasteiger partial charge in [0.05, 0.1) is 11.2 Å². The van der Waals surface area contributed by atoms with E-state index in [-0.39, 0.29) is 11.2 Å². The zero-order valence-electron chi connectivity index (χ0n) is 16.4. The second-order valence-electron chi connectivity index (χ2n) is 8.57. The molecule has 0 spiro atoms. The first-order chi connectivity index (χ1) is 12.8. The van der Waals surface area contributed by atoms with Crippen molar-refractivity contribution >= 4 is 45.3 Å². The first-order valence-electron chi connectivity index (χ1n) is 9.47. The molecule has 1 saturated heterocycles. The molecule has 0 N–H and O–H groups in total. The Balaban J connectivity index is 1.82. The van der Waals surface area contributed by atoms with Gasteiger partial charge in [0.2, 0.25) is 0 Å². The molecule has 0 radical (unpaired) electrons. The van der Waals surface area contributed by atoms with Crippen LogP contribution in [0.2, 0.25) is 0 Å². The normalized spacial score (nSPS) is 18.8. The van der Waals surface area contributed by atoms with Crippen LogP contribution in [0.25, 0.3) is 32.7 Å². The predicted molar refractivity (Wildman–Crippen MR) is 112 cm³/mol. The van der Waals surface area contributed by atoms with E-state index in [1.165, 1.54) is 10.9 Å². The lowest BCUT2D eigenvalue weighted by atomic mass is 9.75. The van der Waals surface area contributed by atoms with E-state index in [2.05, 4.69) is 83.1 Å². The fourth-order valence-electron chi connectivity index (χ4n) is 3.94. The second-order valence-corrected chi connectivity index (χ2v) is 8.57. The van der Waals surface area contributed by atoms with E-state index in [4.69, 9.17) is 13.7 Å². The molecule has 1 fully saturated rings. The first-order valence-corrected chi connectivity index (χ1v) is 9.47. The van der Waals surface area contributed by atoms with Crippen LogP contribution in [-0.4, -0.2) is 18.3 Å². The minimum Gasteiger partial charge on any atom is -0.456 e. The third kappa shape index (κ3) is 2.37. The Kier molecular flexibility index (Phi) is 3.35. The van der Waals surface area contributed by atoms with Crippen LogP contribution in [0.15, 0.2) is 52.9 Å². The average molecular weight is 358 g/mol. The minimum atomic E-state index is -0.417. The molecule has 3 nitrogen and oxygen atoms in total. The zero-order valence-corrected chi connectivity index (χ0v) is 16.4. The topological polar surface area (TPSA) is 31.6 Å². The van der Waals surface area contributed by atoms with Gasteiger partial charge in [-0.05, 0) is 68.6 Å². The van der Waals surface area contributed by atoms with Crippen molar-refractivity contribution < 1.29 is 13.7 Å². The predicted octanol–water partition coefficient (Wildman–Crippen LogP) is 5.35. The van der Waals surface area contributed by atoms with Crippen molar-refractivity contribution in [3.05, 3.63) is 54.1 Å². The van der Waals surface area contributed by atoms with E-state index in [0.717, 1.165) is 32.8 Å². The lowest BCUT2D eigenvalue weighted by molar-refractivity contribution is 0.00578. The largest absolute Gasteiger partial charge is 0.495 e. The van der Waals surface area contributed by atoms with E-state index in [1.54, 1.807) is 0 Å². The summed E-state index contributed by atoms with van der Waals surface area (Å²) in [5, 5.41) is 4.61. The maximum absolute atomic E-state index is 6.34. The number of fused-ring (bicyclic) bond motifs is 5. The number of hydrogen-bond donors (Lipinski definition) is 0. The highest BCUT2D eigenvalue weighted by Gasteiger charge is 2.52. The third-order valence-corrected chi connectivity index (χ3v) is 6.17. The molecule has 4 heteroatoms. The number of aryl methyl sites for hydroxylation is 1. The molecule has 1 aliphatic rings. The van der Waals surface area contributed by atoms with E-state index in [0.29, 0.717) is 0 Å². The van der Waals surface area contributed by atoms with Gasteiger partial charge in [-0.1, -0.05) is 36.4 Å². The van der Waals surface area contributed by atoms with Crippen molar-refractivity contribution in [2.75, 3.05) is 0 Å². The third-order valence-electron chi connectivity index (χ3n) is 6.17. The summed E-state index contributed by atoms with van der Waals surface area (Å²) in [7, 11) is -0.417. The van der Waals surface area contributed by atoms with Crippen molar-refractivity contribution in [3.8, 4) is 0 Å². The second kappa shape index (κ2) is 5.37. The smallest absolute Gasteiger partial charge is 0.456 e. The van der Waals surface area contributed by atoms with Crippen LogP contribution < -0.4 is 5.46 Å². The molecular weight excluding hydrogens is 335 g/mol. The summed E-state index contributed by atoms with van der Waals surface area (Å²) in [6, 6.07) is 16.9. The van der Waals surface area contributed by atoms with Crippen LogP contribution in [0.1, 0.15) is 33.3 Å². The Hall–Kier alpha value is -2.30. The molecule has 4 aromatic rings. The monoisotopic (exact) mass is 358 g/mol. The molecule has 0 atom stereocenters. The summed E-state index contributed by atoms with van der Waals surface area (Å²) in [4.78, 5) is 0. The lowest BCUT2D eigenvalue weighted by Crippen LogP contribution is -2.41. The fourth-order valence-corrected chi connectivity index (χ4v) is 3.94. The van der Waals surface area contributed by atoms with Gasteiger partial charge < -0.3 is 13.7 Å². The Labute approximate surface area is 159 Å². The van der Waals surface area contributed by atoms with Crippen molar-refractivity contribution in [3.63, 3.8) is 0 Å². The molecule has 0 bridgehead atoms. The molecule has 0 unspecified atom stereocenters. The first kappa shape index (κ1) is 16.8. The summed E-state index contributed by atoms with van der Waals surface area (Å²) >= 11 is 0. The SMILES string of the molecule is Cc1ccc2c(c1)oc1cc(B3OC(C)(C)C(C)(C)O3)c3ccccc3c12. The van der Waals surface area contributed by atoms with Crippen molar-refractivity contribution in [2.45, 2.75) is 45.8 Å². The Morgan fingerprint density at radius 2 is 1.41 bits per heavy atom. The van der Waals surface area contributed by atoms with Gasteiger partial charge in [-0.25, -0.2) is 0 Å². The van der Waals surface area contributed by atoms with Gasteiger partial charge in [0.15, 0.2) is 0 Å². The van der Waals surface area contributed by atoms with Crippen LogP contribution in [0.4, 0.5) is 0 Å². The fraction of sp³-hybridized carbons (Fsp3) is 0.304. The van der Waals surface area contributed by atoms with Crippen molar-refractivity contribution in [1.29, 1.82) is 0 Å². The number of furan rings is 1. The van der Waals surface area contributed by atoms with Crippen molar-refractivity contribution in [1.82, 2.24) is 0 Å². The summed E-state index contributed by atoms with van der Waals surface area (Å²) < 4.78 is 18.9. The Morgan fingerprint density at radius 1 is 0.741 bits per heavy atom. The van der Waals surface area contributed by atoms with E-state index >= 15 is 0 Å². The molecule has 136 valence electrons. The van der Waals surface area contributed by atoms with Gasteiger partial charge in [-0.3, -0.25) is 0 Å². The van der Waals surface area contributed by atoms with Crippen molar-refractivity contribution in [2.24, 2.45) is 0 Å². The quantitative estimate of drug-likeness (QED) is 0.430. The summed E-state index contributed by atoms with van der Waals surface area (Å²) in [6.45, 7) is 10.4. The molecule has 1 aliphatic heterocycles. The number of benzene rings is 3. The van der Waals surface area contributed by atoms with E-state index in [9.17, 15) is 0 Å². The van der Waals surface area contributed by atoms with Crippen LogP contribution in [-0.2, 0) is 9.31 Å². The maximum Gasteiger partial charge on any atom is 0.495 e. The Morgan fingerprint density at radius 3 is 2.11 bits per heavy atom. The van der Waals surface area contributed by atoms with Crippen LogP contribution >= 0.6 is 0 Å². The summed E-state index contributed by atoms with van der Waals surface area (Å²) in [5.74, 6) is 0. The molecular formula is C23H23BO3. The molecule has 5 rings (SSSR count). The molecule has 27 heavy (non-hydrogen) atoms. The van der Waals surface area contributed by atoms with E-state index in [1.807, 2.05) is 0 Å². The number of rotatable bonds is 1. The van der Waals surface area contributed by atoms with Gasteiger partial charge in [0.25, 0.3) is 0 Å². The highest BCUT2D eigenvalue weighted by molar-refractivity contribution is 6.66. The number of hydrogen-bond acceptors (Lipinski definition) is 3.